The zero-order chi connectivity index (χ0) is 15.9. The predicted octanol–water partition coefficient (Wildman–Crippen LogP) is 1.60. The Balaban J connectivity index is 1.96. The van der Waals surface area contributed by atoms with Crippen molar-refractivity contribution >= 4 is 27.4 Å². The van der Waals surface area contributed by atoms with Crippen molar-refractivity contribution in [2.75, 3.05) is 13.2 Å². The monoisotopic (exact) mass is 342 g/mol. The van der Waals surface area contributed by atoms with E-state index in [1.165, 1.54) is 18.2 Å². The zero-order valence-corrected chi connectivity index (χ0v) is 12.7. The Morgan fingerprint density at radius 2 is 2.09 bits per heavy atom. The number of hydrogen-bond acceptors (Lipinski definition) is 5. The van der Waals surface area contributed by atoms with Gasteiger partial charge in [0.15, 0.2) is 9.84 Å². The van der Waals surface area contributed by atoms with Crippen molar-refractivity contribution in [3.63, 3.8) is 0 Å². The quantitative estimate of drug-likeness (QED) is 0.873. The Morgan fingerprint density at radius 3 is 2.59 bits per heavy atom. The average Bonchev–Trinajstić information content (AvgIpc) is 2.85. The van der Waals surface area contributed by atoms with Crippen molar-refractivity contribution < 1.29 is 23.1 Å². The number of halogens is 1. The Labute approximate surface area is 130 Å². The predicted molar refractivity (Wildman–Crippen MR) is 77.8 cm³/mol. The molecule has 0 amide bonds. The number of aromatic nitrogens is 2. The van der Waals surface area contributed by atoms with E-state index in [0.717, 1.165) is 0 Å². The maximum Gasteiger partial charge on any atom is 0.353 e. The van der Waals surface area contributed by atoms with E-state index >= 15 is 0 Å². The normalized spacial score (nSPS) is 15.5. The third-order valence-electron chi connectivity index (χ3n) is 3.39. The van der Waals surface area contributed by atoms with E-state index in [1.807, 2.05) is 0 Å². The Bertz CT molecular complexity index is 842. The maximum atomic E-state index is 12.3. The molecular formula is C13H11ClN2O5S. The molecule has 9 heteroatoms. The summed E-state index contributed by atoms with van der Waals surface area (Å²) in [6, 6.07) is 5.75. The minimum atomic E-state index is -3.52. The van der Waals surface area contributed by atoms with Crippen LogP contribution in [0.2, 0.25) is 5.02 Å². The van der Waals surface area contributed by atoms with Crippen molar-refractivity contribution in [2.45, 2.75) is 10.1 Å². The van der Waals surface area contributed by atoms with Gasteiger partial charge in [0.1, 0.15) is 10.9 Å². The molecule has 7 nitrogen and oxygen atoms in total. The summed E-state index contributed by atoms with van der Waals surface area (Å²) >= 11 is 6.08. The number of carbonyl (C=O) groups is 1. The summed E-state index contributed by atoms with van der Waals surface area (Å²) in [7, 11) is -3.52. The van der Waals surface area contributed by atoms with Crippen molar-refractivity contribution in [3.8, 4) is 11.3 Å². The Hall–Kier alpha value is -1.90. The Kier molecular flexibility index (Phi) is 3.67. The van der Waals surface area contributed by atoms with Crippen molar-refractivity contribution in [1.29, 1.82) is 0 Å². The summed E-state index contributed by atoms with van der Waals surface area (Å²) in [5.74, 6) is -1.13. The molecule has 0 unspecified atom stereocenters. The molecule has 116 valence electrons. The lowest BCUT2D eigenvalue weighted by Crippen LogP contribution is -2.40. The fourth-order valence-electron chi connectivity index (χ4n) is 2.04. The van der Waals surface area contributed by atoms with Gasteiger partial charge in [-0.3, -0.25) is 5.10 Å². The van der Waals surface area contributed by atoms with Gasteiger partial charge < -0.3 is 9.84 Å². The second-order valence-corrected chi connectivity index (χ2v) is 7.43. The number of ether oxygens (including phenoxy) is 1. The zero-order valence-electron chi connectivity index (χ0n) is 11.1. The van der Waals surface area contributed by atoms with E-state index in [4.69, 9.17) is 21.4 Å². The number of benzene rings is 1. The van der Waals surface area contributed by atoms with E-state index in [0.29, 0.717) is 11.3 Å². The second kappa shape index (κ2) is 5.38. The first kappa shape index (κ1) is 15.0. The van der Waals surface area contributed by atoms with Gasteiger partial charge in [0.2, 0.25) is 0 Å². The van der Waals surface area contributed by atoms with Crippen molar-refractivity contribution in [1.82, 2.24) is 10.2 Å². The lowest BCUT2D eigenvalue weighted by atomic mass is 10.1. The molecule has 1 saturated heterocycles. The maximum absolute atomic E-state index is 12.3. The van der Waals surface area contributed by atoms with Gasteiger partial charge in [0.05, 0.1) is 28.8 Å². The molecule has 0 radical (unpaired) electrons. The van der Waals surface area contributed by atoms with Crippen LogP contribution in [-0.2, 0) is 14.6 Å². The lowest BCUT2D eigenvalue weighted by molar-refractivity contribution is 0.0416. The fraction of sp³-hybridized carbons (Fsp3) is 0.231. The number of hydrogen-bond donors (Lipinski definition) is 2. The first-order valence-corrected chi connectivity index (χ1v) is 8.22. The van der Waals surface area contributed by atoms with E-state index in [9.17, 15) is 13.2 Å². The lowest BCUT2D eigenvalue weighted by Gasteiger charge is -2.26. The largest absolute Gasteiger partial charge is 0.477 e. The number of carboxylic acid groups (broad SMARTS) is 1. The van der Waals surface area contributed by atoms with Crippen LogP contribution in [0.1, 0.15) is 10.5 Å². The molecule has 1 aliphatic rings. The van der Waals surface area contributed by atoms with Crippen LogP contribution in [0, 0.1) is 0 Å². The molecular weight excluding hydrogens is 332 g/mol. The minimum Gasteiger partial charge on any atom is -0.477 e. The number of aromatic amines is 1. The van der Waals surface area contributed by atoms with Crippen LogP contribution in [0.15, 0.2) is 29.2 Å². The molecule has 2 heterocycles. The smallest absolute Gasteiger partial charge is 0.353 e. The van der Waals surface area contributed by atoms with Crippen molar-refractivity contribution in [2.24, 2.45) is 0 Å². The van der Waals surface area contributed by atoms with Crippen LogP contribution in [0.5, 0.6) is 0 Å². The molecule has 2 N–H and O–H groups in total. The molecule has 0 saturated carbocycles. The SMILES string of the molecule is O=C(O)c1cc(-c2ccc(S(=O)(=O)C3COC3)c(Cl)c2)n[nH]1. The molecule has 0 bridgehead atoms. The number of H-pyrrole nitrogens is 1. The van der Waals surface area contributed by atoms with Crippen LogP contribution in [0.4, 0.5) is 0 Å². The molecule has 1 aromatic carbocycles. The highest BCUT2D eigenvalue weighted by Crippen LogP contribution is 2.31. The highest BCUT2D eigenvalue weighted by Gasteiger charge is 2.35. The van der Waals surface area contributed by atoms with Gasteiger partial charge in [0.25, 0.3) is 0 Å². The molecule has 0 atom stereocenters. The number of aromatic carboxylic acids is 1. The number of sulfone groups is 1. The Morgan fingerprint density at radius 1 is 1.36 bits per heavy atom. The highest BCUT2D eigenvalue weighted by molar-refractivity contribution is 7.92. The van der Waals surface area contributed by atoms with Crippen LogP contribution >= 0.6 is 11.6 Å². The second-order valence-electron chi connectivity index (χ2n) is 4.82. The van der Waals surface area contributed by atoms with Gasteiger partial charge in [0, 0.05) is 5.56 Å². The van der Waals surface area contributed by atoms with E-state index < -0.39 is 21.1 Å². The highest BCUT2D eigenvalue weighted by atomic mass is 35.5. The average molecular weight is 343 g/mol. The summed E-state index contributed by atoms with van der Waals surface area (Å²) in [5, 5.41) is 14.6. The topological polar surface area (TPSA) is 109 Å². The third kappa shape index (κ3) is 2.49. The molecule has 1 fully saturated rings. The molecule has 0 aliphatic carbocycles. The summed E-state index contributed by atoms with van der Waals surface area (Å²) in [5.41, 5.74) is 0.835. The number of nitrogens with zero attached hydrogens (tertiary/aromatic N) is 1. The molecule has 22 heavy (non-hydrogen) atoms. The standard InChI is InChI=1S/C13H11ClN2O5S/c14-9-3-7(10-4-11(13(17)18)16-15-10)1-2-12(9)22(19,20)8-5-21-6-8/h1-4,8H,5-6H2,(H,15,16)(H,17,18). The molecule has 1 aliphatic heterocycles. The first-order chi connectivity index (χ1) is 10.4. The van der Waals surface area contributed by atoms with Gasteiger partial charge in [-0.25, -0.2) is 13.2 Å². The molecule has 3 rings (SSSR count). The van der Waals surface area contributed by atoms with Gasteiger partial charge in [-0.1, -0.05) is 17.7 Å². The summed E-state index contributed by atoms with van der Waals surface area (Å²) in [4.78, 5) is 10.9. The minimum absolute atomic E-state index is 0.0419. The number of carboxylic acids is 1. The summed E-state index contributed by atoms with van der Waals surface area (Å²) in [6.45, 7) is 0.337. The van der Waals surface area contributed by atoms with Gasteiger partial charge in [-0.05, 0) is 18.2 Å². The van der Waals surface area contributed by atoms with E-state index in [1.54, 1.807) is 6.07 Å². The number of rotatable bonds is 4. The molecule has 1 aromatic heterocycles. The number of nitrogens with one attached hydrogen (secondary N) is 1. The molecule has 2 aromatic rings. The summed E-state index contributed by atoms with van der Waals surface area (Å²) in [6.07, 6.45) is 0. The van der Waals surface area contributed by atoms with Gasteiger partial charge >= 0.3 is 5.97 Å². The van der Waals surface area contributed by atoms with Gasteiger partial charge in [-0.15, -0.1) is 0 Å². The third-order valence-corrected chi connectivity index (χ3v) is 5.93. The van der Waals surface area contributed by atoms with Crippen LogP contribution < -0.4 is 0 Å². The molecule has 0 spiro atoms. The van der Waals surface area contributed by atoms with Crippen LogP contribution in [0.3, 0.4) is 0 Å². The van der Waals surface area contributed by atoms with Crippen LogP contribution in [0.25, 0.3) is 11.3 Å². The first-order valence-electron chi connectivity index (χ1n) is 6.30. The van der Waals surface area contributed by atoms with Crippen molar-refractivity contribution in [3.05, 3.63) is 35.0 Å². The van der Waals surface area contributed by atoms with E-state index in [-0.39, 0.29) is 28.8 Å². The van der Waals surface area contributed by atoms with Crippen LogP contribution in [-0.4, -0.2) is 48.2 Å². The van der Waals surface area contributed by atoms with E-state index in [2.05, 4.69) is 10.2 Å². The van der Waals surface area contributed by atoms with Gasteiger partial charge in [-0.2, -0.15) is 5.10 Å². The fourth-order valence-corrected chi connectivity index (χ4v) is 4.04. The summed E-state index contributed by atoms with van der Waals surface area (Å²) < 4.78 is 29.5.